The lowest BCUT2D eigenvalue weighted by molar-refractivity contribution is 0.256. The summed E-state index contributed by atoms with van der Waals surface area (Å²) in [6.07, 6.45) is 2.47. The minimum atomic E-state index is -4.02. The summed E-state index contributed by atoms with van der Waals surface area (Å²) in [6, 6.07) is 14.5. The van der Waals surface area contributed by atoms with Crippen LogP contribution in [-0.4, -0.2) is 24.5 Å². The molecule has 2 aromatic carbocycles. The molecular weight excluding hydrogens is 390 g/mol. The van der Waals surface area contributed by atoms with Gasteiger partial charge in [-0.25, -0.2) is 4.79 Å². The fourth-order valence-corrected chi connectivity index (χ4v) is 3.42. The Bertz CT molecular complexity index is 900. The molecule has 0 fully saturated rings. The molecule has 7 nitrogen and oxygen atoms in total. The van der Waals surface area contributed by atoms with Crippen molar-refractivity contribution in [3.05, 3.63) is 65.2 Å². The number of fused-ring (bicyclic) bond motifs is 1. The van der Waals surface area contributed by atoms with E-state index >= 15 is 0 Å². The Morgan fingerprint density at radius 2 is 1.59 bits per heavy atom. The molecule has 0 radical (unpaired) electrons. The van der Waals surface area contributed by atoms with E-state index in [1.54, 1.807) is 12.1 Å². The first-order valence-electron chi connectivity index (χ1n) is 9.24. The van der Waals surface area contributed by atoms with E-state index in [1.165, 1.54) is 36.1 Å². The van der Waals surface area contributed by atoms with Gasteiger partial charge in [0.1, 0.15) is 0 Å². The molecule has 0 heterocycles. The van der Waals surface area contributed by atoms with Crippen molar-refractivity contribution in [2.75, 3.05) is 0 Å². The SMILES string of the molecule is CC(C)(C)NC1CCc2ccccc21.Cc1ccc(S(=O)(=O)O)cc1.NC(N)=O. The highest BCUT2D eigenvalue weighted by atomic mass is 32.2. The van der Waals surface area contributed by atoms with Crippen molar-refractivity contribution in [3.63, 3.8) is 0 Å². The Labute approximate surface area is 173 Å². The van der Waals surface area contributed by atoms with Crippen LogP contribution in [0.4, 0.5) is 4.79 Å². The second-order valence-corrected chi connectivity index (χ2v) is 9.30. The van der Waals surface area contributed by atoms with E-state index in [9.17, 15) is 8.42 Å². The number of hydrogen-bond acceptors (Lipinski definition) is 4. The molecule has 0 aromatic heterocycles. The van der Waals surface area contributed by atoms with Crippen molar-refractivity contribution in [3.8, 4) is 0 Å². The van der Waals surface area contributed by atoms with Crippen LogP contribution in [0.1, 0.15) is 49.9 Å². The zero-order valence-electron chi connectivity index (χ0n) is 17.3. The fourth-order valence-electron chi connectivity index (χ4n) is 2.94. The van der Waals surface area contributed by atoms with E-state index in [0.29, 0.717) is 6.04 Å². The Hall–Kier alpha value is -2.42. The number of amides is 2. The Morgan fingerprint density at radius 3 is 2.07 bits per heavy atom. The van der Waals surface area contributed by atoms with E-state index in [4.69, 9.17) is 9.35 Å². The molecule has 1 atom stereocenters. The van der Waals surface area contributed by atoms with E-state index in [1.807, 2.05) is 6.92 Å². The first-order chi connectivity index (χ1) is 13.3. The number of primary amides is 2. The van der Waals surface area contributed by atoms with Crippen molar-refractivity contribution in [2.24, 2.45) is 11.5 Å². The first kappa shape index (κ1) is 24.6. The Morgan fingerprint density at radius 1 is 1.07 bits per heavy atom. The number of carbonyl (C=O) groups is 1. The lowest BCUT2D eigenvalue weighted by atomic mass is 10.0. The quantitative estimate of drug-likeness (QED) is 0.552. The van der Waals surface area contributed by atoms with Crippen LogP contribution >= 0.6 is 0 Å². The second-order valence-electron chi connectivity index (χ2n) is 7.87. The predicted molar refractivity (Wildman–Crippen MR) is 115 cm³/mol. The third-order valence-corrected chi connectivity index (χ3v) is 4.93. The molecule has 2 aromatic rings. The van der Waals surface area contributed by atoms with Crippen LogP contribution < -0.4 is 16.8 Å². The van der Waals surface area contributed by atoms with Crippen molar-refractivity contribution >= 4 is 16.1 Å². The summed E-state index contributed by atoms with van der Waals surface area (Å²) in [7, 11) is -4.02. The largest absolute Gasteiger partial charge is 0.352 e. The molecule has 8 heteroatoms. The molecule has 1 unspecified atom stereocenters. The molecule has 3 rings (SSSR count). The summed E-state index contributed by atoms with van der Waals surface area (Å²) in [6.45, 7) is 8.53. The molecule has 6 N–H and O–H groups in total. The molecule has 0 saturated heterocycles. The van der Waals surface area contributed by atoms with Crippen molar-refractivity contribution in [2.45, 2.75) is 57.0 Å². The highest BCUT2D eigenvalue weighted by Crippen LogP contribution is 2.32. The normalized spacial score (nSPS) is 15.3. The number of aryl methyl sites for hydroxylation is 2. The minimum absolute atomic E-state index is 0.0666. The number of urea groups is 1. The van der Waals surface area contributed by atoms with Crippen molar-refractivity contribution in [1.82, 2.24) is 5.32 Å². The van der Waals surface area contributed by atoms with Gasteiger partial charge >= 0.3 is 6.03 Å². The maximum atomic E-state index is 10.5. The van der Waals surface area contributed by atoms with Crippen LogP contribution in [0.3, 0.4) is 0 Å². The molecule has 1 aliphatic rings. The third kappa shape index (κ3) is 9.56. The van der Waals surface area contributed by atoms with Crippen LogP contribution in [-0.2, 0) is 16.5 Å². The monoisotopic (exact) mass is 421 g/mol. The van der Waals surface area contributed by atoms with Crippen LogP contribution in [0.5, 0.6) is 0 Å². The zero-order valence-corrected chi connectivity index (χ0v) is 18.2. The molecular formula is C21H31N3O4S. The number of carbonyl (C=O) groups excluding carboxylic acids is 1. The number of rotatable bonds is 2. The van der Waals surface area contributed by atoms with Gasteiger partial charge in [-0.2, -0.15) is 8.42 Å². The lowest BCUT2D eigenvalue weighted by Gasteiger charge is -2.26. The first-order valence-corrected chi connectivity index (χ1v) is 10.7. The summed E-state index contributed by atoms with van der Waals surface area (Å²) >= 11 is 0. The van der Waals surface area contributed by atoms with Gasteiger partial charge in [-0.3, -0.25) is 4.55 Å². The zero-order chi connectivity index (χ0) is 22.2. The molecule has 0 aliphatic heterocycles. The summed E-state index contributed by atoms with van der Waals surface area (Å²) in [5.74, 6) is 0. The smallest absolute Gasteiger partial charge is 0.309 e. The van der Waals surface area contributed by atoms with Crippen molar-refractivity contribution in [1.29, 1.82) is 0 Å². The fraction of sp³-hybridized carbons (Fsp3) is 0.381. The average molecular weight is 422 g/mol. The van der Waals surface area contributed by atoms with Gasteiger partial charge in [0.05, 0.1) is 4.90 Å². The van der Waals surface area contributed by atoms with Gasteiger partial charge in [0, 0.05) is 11.6 Å². The molecule has 0 spiro atoms. The summed E-state index contributed by atoms with van der Waals surface area (Å²) in [4.78, 5) is 8.93. The van der Waals surface area contributed by atoms with Gasteiger partial charge in [0.15, 0.2) is 0 Å². The summed E-state index contributed by atoms with van der Waals surface area (Å²) in [5, 5.41) is 3.67. The molecule has 160 valence electrons. The van der Waals surface area contributed by atoms with Crippen molar-refractivity contribution < 1.29 is 17.8 Å². The van der Waals surface area contributed by atoms with E-state index in [-0.39, 0.29) is 10.4 Å². The van der Waals surface area contributed by atoms with Crippen LogP contribution in [0.2, 0.25) is 0 Å². The van der Waals surface area contributed by atoms with Gasteiger partial charge in [-0.05, 0) is 63.8 Å². The third-order valence-electron chi connectivity index (χ3n) is 4.06. The van der Waals surface area contributed by atoms with E-state index in [2.05, 4.69) is 61.8 Å². The van der Waals surface area contributed by atoms with Gasteiger partial charge in [0.25, 0.3) is 10.1 Å². The van der Waals surface area contributed by atoms with E-state index < -0.39 is 16.1 Å². The number of hydrogen-bond donors (Lipinski definition) is 4. The predicted octanol–water partition coefficient (Wildman–Crippen LogP) is 3.33. The van der Waals surface area contributed by atoms with E-state index in [0.717, 1.165) is 5.56 Å². The molecule has 0 saturated carbocycles. The molecule has 29 heavy (non-hydrogen) atoms. The second kappa shape index (κ2) is 10.4. The average Bonchev–Trinajstić information content (AvgIpc) is 2.96. The summed E-state index contributed by atoms with van der Waals surface area (Å²) in [5.41, 5.74) is 12.7. The molecule has 1 aliphatic carbocycles. The standard InChI is InChI=1S/C13H19N.C7H8O3S.CH4N2O/c1-13(2,3)14-12-9-8-10-6-4-5-7-11(10)12;1-6-2-4-7(5-3-6)11(8,9)10;2-1(3)4/h4-7,12,14H,8-9H2,1-3H3;2-5H,1H3,(H,8,9,10);(H4,2,3,4). The highest BCUT2D eigenvalue weighted by Gasteiger charge is 2.25. The maximum Gasteiger partial charge on any atom is 0.309 e. The van der Waals surface area contributed by atoms with Gasteiger partial charge < -0.3 is 16.8 Å². The number of nitrogens with two attached hydrogens (primary N) is 2. The van der Waals surface area contributed by atoms with Crippen LogP contribution in [0, 0.1) is 6.92 Å². The van der Waals surface area contributed by atoms with Gasteiger partial charge in [0.2, 0.25) is 0 Å². The van der Waals surface area contributed by atoms with Gasteiger partial charge in [-0.1, -0.05) is 42.0 Å². The topological polar surface area (TPSA) is 136 Å². The Kier molecular flexibility index (Phi) is 8.81. The lowest BCUT2D eigenvalue weighted by Crippen LogP contribution is -2.37. The number of nitrogens with one attached hydrogen (secondary N) is 1. The molecule has 2 amide bonds. The Balaban J connectivity index is 0.000000251. The summed E-state index contributed by atoms with van der Waals surface area (Å²) < 4.78 is 29.6. The van der Waals surface area contributed by atoms with Crippen LogP contribution in [0.25, 0.3) is 0 Å². The minimum Gasteiger partial charge on any atom is -0.352 e. The number of benzene rings is 2. The highest BCUT2D eigenvalue weighted by molar-refractivity contribution is 7.85. The van der Waals surface area contributed by atoms with Crippen LogP contribution in [0.15, 0.2) is 53.4 Å². The van der Waals surface area contributed by atoms with Gasteiger partial charge in [-0.15, -0.1) is 0 Å². The molecule has 0 bridgehead atoms. The maximum absolute atomic E-state index is 10.5.